The maximum absolute atomic E-state index is 5.30. The number of para-hydroxylation sites is 3. The van der Waals surface area contributed by atoms with Gasteiger partial charge in [0.1, 0.15) is 0 Å². The van der Waals surface area contributed by atoms with Gasteiger partial charge in [-0.15, -0.1) is 0 Å². The maximum Gasteiger partial charge on any atom is 0.0949 e. The molecule has 3 heteroatoms. The second kappa shape index (κ2) is 11.5. The van der Waals surface area contributed by atoms with E-state index in [1.807, 2.05) is 6.07 Å². The molecular formula is C47H31N3. The Morgan fingerprint density at radius 2 is 0.800 bits per heavy atom. The summed E-state index contributed by atoms with van der Waals surface area (Å²) in [5.74, 6) is 0. The molecule has 0 unspecified atom stereocenters. The highest BCUT2D eigenvalue weighted by Crippen LogP contribution is 2.40. The molecule has 0 N–H and O–H groups in total. The van der Waals surface area contributed by atoms with E-state index >= 15 is 0 Å². The molecular weight excluding hydrogens is 607 g/mol. The molecule has 3 aromatic heterocycles. The van der Waals surface area contributed by atoms with Crippen molar-refractivity contribution < 1.29 is 0 Å². The largest absolute Gasteiger partial charge is 0.309 e. The fraction of sp³-hybridized carbons (Fsp3) is 0. The van der Waals surface area contributed by atoms with Gasteiger partial charge >= 0.3 is 0 Å². The standard InChI is InChI=1S/C47H31N3/c1-4-14-32(15-5-1)41-26-29-46(47(48-41)33-16-6-2-7-17-33)50-43-23-13-11-21-38(43)40-31-35(25-28-45(40)50)34-24-27-44-39(30-34)37-20-10-12-22-42(37)49(44)36-18-8-3-9-19-36/h1-31H. The van der Waals surface area contributed by atoms with Crippen LogP contribution in [0.4, 0.5) is 0 Å². The van der Waals surface area contributed by atoms with E-state index in [2.05, 4.69) is 191 Å². The lowest BCUT2D eigenvalue weighted by atomic mass is 10.0. The van der Waals surface area contributed by atoms with Crippen molar-refractivity contribution in [1.82, 2.24) is 14.1 Å². The molecule has 0 aliphatic carbocycles. The Labute approximate surface area is 290 Å². The molecule has 0 atom stereocenters. The zero-order valence-corrected chi connectivity index (χ0v) is 27.2. The molecule has 10 aromatic rings. The van der Waals surface area contributed by atoms with Gasteiger partial charge in [0.25, 0.3) is 0 Å². The zero-order valence-electron chi connectivity index (χ0n) is 27.2. The first kappa shape index (κ1) is 28.3. The Kier molecular flexibility index (Phi) is 6.49. The lowest BCUT2D eigenvalue weighted by Crippen LogP contribution is -2.00. The topological polar surface area (TPSA) is 22.8 Å². The number of hydrogen-bond donors (Lipinski definition) is 0. The summed E-state index contributed by atoms with van der Waals surface area (Å²) in [5, 5.41) is 4.95. The third-order valence-electron chi connectivity index (χ3n) is 9.92. The smallest absolute Gasteiger partial charge is 0.0949 e. The number of aromatic nitrogens is 3. The normalized spacial score (nSPS) is 11.6. The fourth-order valence-electron chi connectivity index (χ4n) is 7.63. The van der Waals surface area contributed by atoms with Gasteiger partial charge < -0.3 is 9.13 Å². The van der Waals surface area contributed by atoms with E-state index in [9.17, 15) is 0 Å². The van der Waals surface area contributed by atoms with Gasteiger partial charge in [-0.3, -0.25) is 0 Å². The number of fused-ring (bicyclic) bond motifs is 6. The van der Waals surface area contributed by atoms with Crippen molar-refractivity contribution in [3.63, 3.8) is 0 Å². The summed E-state index contributed by atoms with van der Waals surface area (Å²) < 4.78 is 4.75. The van der Waals surface area contributed by atoms with E-state index in [1.54, 1.807) is 0 Å². The van der Waals surface area contributed by atoms with Gasteiger partial charge in [-0.05, 0) is 71.8 Å². The average Bonchev–Trinajstić information content (AvgIpc) is 3.71. The van der Waals surface area contributed by atoms with Crippen molar-refractivity contribution in [2.24, 2.45) is 0 Å². The molecule has 50 heavy (non-hydrogen) atoms. The summed E-state index contributed by atoms with van der Waals surface area (Å²) in [4.78, 5) is 5.30. The Bertz CT molecular complexity index is 2850. The van der Waals surface area contributed by atoms with E-state index in [0.29, 0.717) is 0 Å². The zero-order chi connectivity index (χ0) is 33.0. The Morgan fingerprint density at radius 3 is 1.42 bits per heavy atom. The number of nitrogens with zero attached hydrogens (tertiary/aromatic N) is 3. The summed E-state index contributed by atoms with van der Waals surface area (Å²) in [6.07, 6.45) is 0. The number of benzene rings is 7. The van der Waals surface area contributed by atoms with Gasteiger partial charge in [-0.25, -0.2) is 4.98 Å². The van der Waals surface area contributed by atoms with Crippen molar-refractivity contribution in [3.05, 3.63) is 188 Å². The van der Waals surface area contributed by atoms with Crippen LogP contribution in [-0.2, 0) is 0 Å². The summed E-state index contributed by atoms with van der Waals surface area (Å²) in [7, 11) is 0. The van der Waals surface area contributed by atoms with Crippen LogP contribution >= 0.6 is 0 Å². The van der Waals surface area contributed by atoms with Gasteiger partial charge in [-0.1, -0.05) is 127 Å². The molecule has 0 fully saturated rings. The molecule has 3 nitrogen and oxygen atoms in total. The van der Waals surface area contributed by atoms with E-state index in [0.717, 1.165) is 39.2 Å². The minimum Gasteiger partial charge on any atom is -0.309 e. The van der Waals surface area contributed by atoms with Crippen molar-refractivity contribution in [3.8, 4) is 45.0 Å². The van der Waals surface area contributed by atoms with Crippen LogP contribution in [0.2, 0.25) is 0 Å². The van der Waals surface area contributed by atoms with Crippen molar-refractivity contribution in [1.29, 1.82) is 0 Å². The Morgan fingerprint density at radius 1 is 0.320 bits per heavy atom. The molecule has 7 aromatic carbocycles. The molecule has 0 aliphatic rings. The molecule has 0 amide bonds. The van der Waals surface area contributed by atoms with Crippen LogP contribution in [0.5, 0.6) is 0 Å². The predicted molar refractivity (Wildman–Crippen MR) is 209 cm³/mol. The quantitative estimate of drug-likeness (QED) is 0.184. The SMILES string of the molecule is c1ccc(-c2ccc(-n3c4ccccc4c4cc(-c5ccc6c(c5)c5ccccc5n6-c5ccccc5)ccc43)c(-c3ccccc3)n2)cc1. The molecule has 0 radical (unpaired) electrons. The minimum absolute atomic E-state index is 0.957. The van der Waals surface area contributed by atoms with Crippen molar-refractivity contribution in [2.75, 3.05) is 0 Å². The van der Waals surface area contributed by atoms with Crippen molar-refractivity contribution in [2.45, 2.75) is 0 Å². The third-order valence-corrected chi connectivity index (χ3v) is 9.92. The van der Waals surface area contributed by atoms with Crippen LogP contribution in [0, 0.1) is 0 Å². The highest BCUT2D eigenvalue weighted by molar-refractivity contribution is 6.13. The van der Waals surface area contributed by atoms with Gasteiger partial charge in [0, 0.05) is 38.4 Å². The average molecular weight is 638 g/mol. The van der Waals surface area contributed by atoms with Gasteiger partial charge in [-0.2, -0.15) is 0 Å². The fourth-order valence-corrected chi connectivity index (χ4v) is 7.63. The summed E-state index contributed by atoms with van der Waals surface area (Å²) in [6, 6.07) is 67.2. The molecule has 0 saturated heterocycles. The van der Waals surface area contributed by atoms with Crippen LogP contribution in [0.25, 0.3) is 88.6 Å². The first-order chi connectivity index (χ1) is 24.8. The molecule has 0 bridgehead atoms. The second-order valence-electron chi connectivity index (χ2n) is 12.8. The summed E-state index contributed by atoms with van der Waals surface area (Å²) in [5.41, 5.74) is 13.5. The van der Waals surface area contributed by atoms with Crippen LogP contribution in [0.3, 0.4) is 0 Å². The van der Waals surface area contributed by atoms with E-state index < -0.39 is 0 Å². The van der Waals surface area contributed by atoms with E-state index in [-0.39, 0.29) is 0 Å². The number of rotatable bonds is 5. The highest BCUT2D eigenvalue weighted by atomic mass is 15.0. The van der Waals surface area contributed by atoms with Crippen LogP contribution in [0.15, 0.2) is 188 Å². The third kappa shape index (κ3) is 4.48. The molecule has 234 valence electrons. The van der Waals surface area contributed by atoms with E-state index in [4.69, 9.17) is 4.98 Å². The van der Waals surface area contributed by atoms with Gasteiger partial charge in [0.2, 0.25) is 0 Å². The molecule has 3 heterocycles. The van der Waals surface area contributed by atoms with E-state index in [1.165, 1.54) is 49.4 Å². The first-order valence-corrected chi connectivity index (χ1v) is 17.1. The highest BCUT2D eigenvalue weighted by Gasteiger charge is 2.19. The Hall–Kier alpha value is -6.71. The minimum atomic E-state index is 0.957. The van der Waals surface area contributed by atoms with Crippen molar-refractivity contribution >= 4 is 43.6 Å². The molecule has 0 spiro atoms. The lowest BCUT2D eigenvalue weighted by Gasteiger charge is -2.15. The number of hydrogen-bond acceptors (Lipinski definition) is 1. The maximum atomic E-state index is 5.30. The van der Waals surface area contributed by atoms with Gasteiger partial charge in [0.05, 0.1) is 39.1 Å². The Balaban J connectivity index is 1.17. The molecule has 0 aliphatic heterocycles. The molecule has 10 rings (SSSR count). The van der Waals surface area contributed by atoms with Crippen LogP contribution in [-0.4, -0.2) is 14.1 Å². The molecule has 0 saturated carbocycles. The summed E-state index contributed by atoms with van der Waals surface area (Å²) in [6.45, 7) is 0. The monoisotopic (exact) mass is 637 g/mol. The second-order valence-corrected chi connectivity index (χ2v) is 12.8. The van der Waals surface area contributed by atoms with Gasteiger partial charge in [0.15, 0.2) is 0 Å². The van der Waals surface area contributed by atoms with Crippen LogP contribution in [0.1, 0.15) is 0 Å². The lowest BCUT2D eigenvalue weighted by molar-refractivity contribution is 1.15. The first-order valence-electron chi connectivity index (χ1n) is 17.1. The summed E-state index contributed by atoms with van der Waals surface area (Å²) >= 11 is 0. The predicted octanol–water partition coefficient (Wildman–Crippen LogP) is 12.3. The van der Waals surface area contributed by atoms with Crippen LogP contribution < -0.4 is 0 Å². The number of pyridine rings is 1.